The first-order chi connectivity index (χ1) is 10.2. The van der Waals surface area contributed by atoms with E-state index >= 15 is 0 Å². The quantitative estimate of drug-likeness (QED) is 0.886. The molecule has 0 fully saturated rings. The molecule has 116 valence electrons. The van der Waals surface area contributed by atoms with E-state index in [1.807, 2.05) is 39.0 Å². The number of aromatic nitrogens is 1. The molecule has 5 heteroatoms. The minimum atomic E-state index is -1.11. The number of hydrogen-bond acceptors (Lipinski definition) is 4. The Hall–Kier alpha value is -2.01. The molecule has 0 saturated carbocycles. The molecule has 0 saturated heterocycles. The molecule has 22 heavy (non-hydrogen) atoms. The summed E-state index contributed by atoms with van der Waals surface area (Å²) in [7, 11) is 0. The van der Waals surface area contributed by atoms with Gasteiger partial charge >= 0.3 is 5.97 Å². The van der Waals surface area contributed by atoms with Crippen LogP contribution in [-0.2, 0) is 5.41 Å². The predicted molar refractivity (Wildman–Crippen MR) is 86.9 cm³/mol. The van der Waals surface area contributed by atoms with Gasteiger partial charge < -0.3 is 10.2 Å². The van der Waals surface area contributed by atoms with Crippen LogP contribution in [0.5, 0.6) is 5.75 Å². The Morgan fingerprint density at radius 1 is 1.23 bits per heavy atom. The standard InChI is InChI=1S/C17H19NO3S/c1-10-13(22-11-5-7-18-8-6-11)9-12(17(2,3)4)15(19)14(10)16(20)21/h5-9,19H,1-4H3,(H,20,21). The second kappa shape index (κ2) is 6.01. The molecule has 2 N–H and O–H groups in total. The lowest BCUT2D eigenvalue weighted by Crippen LogP contribution is -2.14. The van der Waals surface area contributed by atoms with Crippen molar-refractivity contribution < 1.29 is 15.0 Å². The maximum Gasteiger partial charge on any atom is 0.339 e. The summed E-state index contributed by atoms with van der Waals surface area (Å²) in [6, 6.07) is 5.62. The van der Waals surface area contributed by atoms with E-state index in [4.69, 9.17) is 0 Å². The summed E-state index contributed by atoms with van der Waals surface area (Å²) in [6.45, 7) is 7.57. The normalized spacial score (nSPS) is 11.5. The van der Waals surface area contributed by atoms with Gasteiger partial charge in [-0.15, -0.1) is 0 Å². The summed E-state index contributed by atoms with van der Waals surface area (Å²) in [5, 5.41) is 19.8. The smallest absolute Gasteiger partial charge is 0.339 e. The van der Waals surface area contributed by atoms with E-state index < -0.39 is 5.97 Å². The Labute approximate surface area is 134 Å². The van der Waals surface area contributed by atoms with Gasteiger partial charge in [0, 0.05) is 27.7 Å². The minimum Gasteiger partial charge on any atom is -0.507 e. The SMILES string of the molecule is Cc1c(Sc2ccncc2)cc(C(C)(C)C)c(O)c1C(=O)O. The van der Waals surface area contributed by atoms with E-state index in [1.165, 1.54) is 11.8 Å². The zero-order valence-corrected chi connectivity index (χ0v) is 13.9. The maximum absolute atomic E-state index is 11.5. The van der Waals surface area contributed by atoms with Gasteiger partial charge in [-0.05, 0) is 36.1 Å². The maximum atomic E-state index is 11.5. The van der Waals surface area contributed by atoms with Gasteiger partial charge in [0.05, 0.1) is 0 Å². The lowest BCUT2D eigenvalue weighted by molar-refractivity contribution is 0.0692. The summed E-state index contributed by atoms with van der Waals surface area (Å²) < 4.78 is 0. The zero-order valence-electron chi connectivity index (χ0n) is 13.0. The molecule has 0 radical (unpaired) electrons. The second-order valence-electron chi connectivity index (χ2n) is 6.11. The Morgan fingerprint density at radius 2 is 1.82 bits per heavy atom. The summed E-state index contributed by atoms with van der Waals surface area (Å²) in [5.74, 6) is -1.26. The largest absolute Gasteiger partial charge is 0.507 e. The van der Waals surface area contributed by atoms with Gasteiger partial charge in [-0.3, -0.25) is 4.98 Å². The van der Waals surface area contributed by atoms with E-state index in [0.717, 1.165) is 9.79 Å². The highest BCUT2D eigenvalue weighted by atomic mass is 32.2. The number of carbonyl (C=O) groups is 1. The molecule has 0 unspecified atom stereocenters. The Morgan fingerprint density at radius 3 is 2.32 bits per heavy atom. The molecule has 0 aliphatic carbocycles. The fourth-order valence-corrected chi connectivity index (χ4v) is 3.16. The van der Waals surface area contributed by atoms with Gasteiger partial charge in [-0.25, -0.2) is 4.79 Å². The van der Waals surface area contributed by atoms with E-state index in [-0.39, 0.29) is 16.7 Å². The number of rotatable bonds is 3. The number of nitrogens with zero attached hydrogens (tertiary/aromatic N) is 1. The summed E-state index contributed by atoms with van der Waals surface area (Å²) in [4.78, 5) is 17.3. The summed E-state index contributed by atoms with van der Waals surface area (Å²) in [6.07, 6.45) is 3.39. The van der Waals surface area contributed by atoms with Crippen LogP contribution in [0.4, 0.5) is 0 Å². The van der Waals surface area contributed by atoms with Crippen LogP contribution in [0.25, 0.3) is 0 Å². The zero-order chi connectivity index (χ0) is 16.5. The molecular weight excluding hydrogens is 298 g/mol. The highest BCUT2D eigenvalue weighted by molar-refractivity contribution is 7.99. The van der Waals surface area contributed by atoms with Crippen molar-refractivity contribution in [2.75, 3.05) is 0 Å². The predicted octanol–water partition coefficient (Wildman–Crippen LogP) is 4.24. The van der Waals surface area contributed by atoms with Gasteiger partial charge in [0.15, 0.2) is 0 Å². The van der Waals surface area contributed by atoms with Gasteiger partial charge in [-0.1, -0.05) is 32.5 Å². The number of hydrogen-bond donors (Lipinski definition) is 2. The number of carboxylic acid groups (broad SMARTS) is 1. The molecule has 0 aliphatic rings. The Bertz CT molecular complexity index is 706. The lowest BCUT2D eigenvalue weighted by Gasteiger charge is -2.24. The first-order valence-corrected chi connectivity index (χ1v) is 7.71. The molecular formula is C17H19NO3S. The van der Waals surface area contributed by atoms with Crippen LogP contribution in [0, 0.1) is 6.92 Å². The van der Waals surface area contributed by atoms with E-state index in [2.05, 4.69) is 4.98 Å². The molecule has 0 atom stereocenters. The average Bonchev–Trinajstić information content (AvgIpc) is 2.41. The van der Waals surface area contributed by atoms with Crippen LogP contribution in [-0.4, -0.2) is 21.2 Å². The van der Waals surface area contributed by atoms with Crippen molar-refractivity contribution in [1.82, 2.24) is 4.98 Å². The van der Waals surface area contributed by atoms with E-state index in [0.29, 0.717) is 11.1 Å². The van der Waals surface area contributed by atoms with Crippen LogP contribution < -0.4 is 0 Å². The summed E-state index contributed by atoms with van der Waals surface area (Å²) in [5.41, 5.74) is 0.825. The van der Waals surface area contributed by atoms with Gasteiger partial charge in [-0.2, -0.15) is 0 Å². The third kappa shape index (κ3) is 3.25. The number of pyridine rings is 1. The van der Waals surface area contributed by atoms with Crippen molar-refractivity contribution in [3.63, 3.8) is 0 Å². The Kier molecular flexibility index (Phi) is 4.47. The van der Waals surface area contributed by atoms with Crippen molar-refractivity contribution in [3.05, 3.63) is 47.3 Å². The molecule has 0 amide bonds. The number of aromatic carboxylic acids is 1. The minimum absolute atomic E-state index is 0.0241. The molecule has 4 nitrogen and oxygen atoms in total. The fourth-order valence-electron chi connectivity index (χ4n) is 2.22. The van der Waals surface area contributed by atoms with Crippen molar-refractivity contribution in [2.24, 2.45) is 0 Å². The third-order valence-corrected chi connectivity index (χ3v) is 4.56. The van der Waals surface area contributed by atoms with Crippen molar-refractivity contribution in [3.8, 4) is 5.75 Å². The van der Waals surface area contributed by atoms with Gasteiger partial charge in [0.25, 0.3) is 0 Å². The van der Waals surface area contributed by atoms with E-state index in [1.54, 1.807) is 19.3 Å². The number of benzene rings is 1. The Balaban J connectivity index is 2.63. The molecule has 2 rings (SSSR count). The number of carboxylic acids is 1. The van der Waals surface area contributed by atoms with Crippen LogP contribution in [0.15, 0.2) is 40.4 Å². The first kappa shape index (κ1) is 16.4. The lowest BCUT2D eigenvalue weighted by atomic mass is 9.84. The number of aromatic hydroxyl groups is 1. The average molecular weight is 317 g/mol. The topological polar surface area (TPSA) is 70.4 Å². The molecule has 0 aliphatic heterocycles. The molecule has 0 spiro atoms. The fraction of sp³-hybridized carbons (Fsp3) is 0.294. The van der Waals surface area contributed by atoms with Crippen molar-refractivity contribution in [1.29, 1.82) is 0 Å². The van der Waals surface area contributed by atoms with Crippen LogP contribution in [0.2, 0.25) is 0 Å². The summed E-state index contributed by atoms with van der Waals surface area (Å²) >= 11 is 1.47. The number of phenols is 1. The monoisotopic (exact) mass is 317 g/mol. The van der Waals surface area contributed by atoms with Crippen LogP contribution >= 0.6 is 11.8 Å². The third-order valence-electron chi connectivity index (χ3n) is 3.41. The molecule has 1 aromatic carbocycles. The molecule has 0 bridgehead atoms. The van der Waals surface area contributed by atoms with E-state index in [9.17, 15) is 15.0 Å². The van der Waals surface area contributed by atoms with Gasteiger partial charge in [0.2, 0.25) is 0 Å². The second-order valence-corrected chi connectivity index (χ2v) is 7.23. The highest BCUT2D eigenvalue weighted by Gasteiger charge is 2.26. The van der Waals surface area contributed by atoms with Crippen molar-refractivity contribution in [2.45, 2.75) is 42.9 Å². The molecule has 1 aromatic heterocycles. The highest BCUT2D eigenvalue weighted by Crippen LogP contribution is 2.41. The van der Waals surface area contributed by atoms with Gasteiger partial charge in [0.1, 0.15) is 11.3 Å². The molecule has 1 heterocycles. The molecule has 2 aromatic rings. The van der Waals surface area contributed by atoms with Crippen molar-refractivity contribution >= 4 is 17.7 Å². The van der Waals surface area contributed by atoms with Crippen LogP contribution in [0.3, 0.4) is 0 Å². The van der Waals surface area contributed by atoms with Crippen LogP contribution in [0.1, 0.15) is 42.3 Å². The first-order valence-electron chi connectivity index (χ1n) is 6.90.